The van der Waals surface area contributed by atoms with E-state index in [-0.39, 0.29) is 24.0 Å². The number of hydrogen-bond acceptors (Lipinski definition) is 3. The predicted octanol–water partition coefficient (Wildman–Crippen LogP) is 2.43. The van der Waals surface area contributed by atoms with E-state index in [4.69, 9.17) is 11.6 Å². The van der Waals surface area contributed by atoms with Crippen molar-refractivity contribution in [2.24, 2.45) is 4.99 Å². The predicted molar refractivity (Wildman–Crippen MR) is 99.6 cm³/mol. The SMILES string of the molecule is CCn1cnnc1CNC(=NC)NCc1ccc(Cl)cc1.I. The Morgan fingerprint density at radius 1 is 1.23 bits per heavy atom. The van der Waals surface area contributed by atoms with Gasteiger partial charge in [0.15, 0.2) is 11.8 Å². The summed E-state index contributed by atoms with van der Waals surface area (Å²) in [5, 5.41) is 15.2. The minimum atomic E-state index is 0. The summed E-state index contributed by atoms with van der Waals surface area (Å²) in [4.78, 5) is 4.19. The summed E-state index contributed by atoms with van der Waals surface area (Å²) < 4.78 is 1.99. The van der Waals surface area contributed by atoms with E-state index in [0.29, 0.717) is 13.1 Å². The summed E-state index contributed by atoms with van der Waals surface area (Å²) >= 11 is 5.87. The van der Waals surface area contributed by atoms with Crippen LogP contribution in [0.1, 0.15) is 18.3 Å². The monoisotopic (exact) mass is 434 g/mol. The van der Waals surface area contributed by atoms with Gasteiger partial charge in [0.25, 0.3) is 0 Å². The van der Waals surface area contributed by atoms with Crippen molar-refractivity contribution in [1.29, 1.82) is 0 Å². The van der Waals surface area contributed by atoms with Gasteiger partial charge >= 0.3 is 0 Å². The van der Waals surface area contributed by atoms with Crippen LogP contribution in [0.3, 0.4) is 0 Å². The number of hydrogen-bond donors (Lipinski definition) is 2. The highest BCUT2D eigenvalue weighted by Gasteiger charge is 2.04. The topological polar surface area (TPSA) is 67.1 Å². The molecule has 0 saturated heterocycles. The van der Waals surface area contributed by atoms with Crippen molar-refractivity contribution in [2.75, 3.05) is 7.05 Å². The molecule has 6 nitrogen and oxygen atoms in total. The van der Waals surface area contributed by atoms with Gasteiger partial charge in [0.2, 0.25) is 0 Å². The van der Waals surface area contributed by atoms with Crippen LogP contribution in [0, 0.1) is 0 Å². The molecule has 2 rings (SSSR count). The maximum atomic E-state index is 5.87. The molecule has 8 heteroatoms. The van der Waals surface area contributed by atoms with Gasteiger partial charge in [-0.3, -0.25) is 4.99 Å². The summed E-state index contributed by atoms with van der Waals surface area (Å²) in [6, 6.07) is 7.71. The standard InChI is InChI=1S/C14H19ClN6.HI/c1-3-21-10-19-20-13(21)9-18-14(16-2)17-8-11-4-6-12(15)7-5-11;/h4-7,10H,3,8-9H2,1-2H3,(H2,16,17,18);1H. The summed E-state index contributed by atoms with van der Waals surface area (Å²) in [6.07, 6.45) is 1.72. The highest BCUT2D eigenvalue weighted by atomic mass is 127. The number of aryl methyl sites for hydroxylation is 1. The Morgan fingerprint density at radius 2 is 1.91 bits per heavy atom. The maximum Gasteiger partial charge on any atom is 0.191 e. The van der Waals surface area contributed by atoms with Gasteiger partial charge in [-0.2, -0.15) is 0 Å². The number of nitrogens with zero attached hydrogens (tertiary/aromatic N) is 4. The average Bonchev–Trinajstić information content (AvgIpc) is 2.96. The van der Waals surface area contributed by atoms with Gasteiger partial charge in [0.1, 0.15) is 6.33 Å². The number of rotatable bonds is 5. The lowest BCUT2D eigenvalue weighted by atomic mass is 10.2. The van der Waals surface area contributed by atoms with Crippen molar-refractivity contribution in [3.8, 4) is 0 Å². The quantitative estimate of drug-likeness (QED) is 0.431. The van der Waals surface area contributed by atoms with Gasteiger partial charge in [-0.05, 0) is 24.6 Å². The molecule has 1 aromatic heterocycles. The normalized spacial score (nSPS) is 11.0. The average molecular weight is 435 g/mol. The van der Waals surface area contributed by atoms with Crippen molar-refractivity contribution in [3.63, 3.8) is 0 Å². The third-order valence-electron chi connectivity index (χ3n) is 3.05. The minimum absolute atomic E-state index is 0. The van der Waals surface area contributed by atoms with E-state index in [0.717, 1.165) is 28.9 Å². The zero-order valence-corrected chi connectivity index (χ0v) is 15.7. The first kappa shape index (κ1) is 18.7. The Kier molecular flexibility index (Phi) is 8.18. The van der Waals surface area contributed by atoms with Gasteiger partial charge in [-0.15, -0.1) is 34.2 Å². The smallest absolute Gasteiger partial charge is 0.191 e. The second-order valence-corrected chi connectivity index (χ2v) is 4.88. The fourth-order valence-corrected chi connectivity index (χ4v) is 1.98. The lowest BCUT2D eigenvalue weighted by Gasteiger charge is -2.12. The molecule has 0 aliphatic heterocycles. The Labute approximate surface area is 152 Å². The lowest BCUT2D eigenvalue weighted by molar-refractivity contribution is 0.670. The molecule has 1 aromatic carbocycles. The second kappa shape index (κ2) is 9.62. The van der Waals surface area contributed by atoms with E-state index >= 15 is 0 Å². The zero-order valence-electron chi connectivity index (χ0n) is 12.6. The molecular formula is C14H20ClIN6. The number of guanidine groups is 1. The van der Waals surface area contributed by atoms with E-state index in [1.54, 1.807) is 13.4 Å². The molecule has 0 saturated carbocycles. The van der Waals surface area contributed by atoms with E-state index < -0.39 is 0 Å². The fraction of sp³-hybridized carbons (Fsp3) is 0.357. The molecular weight excluding hydrogens is 415 g/mol. The first-order valence-electron chi connectivity index (χ1n) is 6.78. The molecule has 0 atom stereocenters. The van der Waals surface area contributed by atoms with Crippen LogP contribution < -0.4 is 10.6 Å². The number of nitrogens with one attached hydrogen (secondary N) is 2. The lowest BCUT2D eigenvalue weighted by Crippen LogP contribution is -2.36. The molecule has 2 aromatic rings. The van der Waals surface area contributed by atoms with Crippen LogP contribution in [0.5, 0.6) is 0 Å². The highest BCUT2D eigenvalue weighted by Crippen LogP contribution is 2.09. The first-order valence-corrected chi connectivity index (χ1v) is 7.16. The number of aliphatic imine (C=N–C) groups is 1. The molecule has 0 bridgehead atoms. The second-order valence-electron chi connectivity index (χ2n) is 4.44. The van der Waals surface area contributed by atoms with Gasteiger partial charge in [0.05, 0.1) is 6.54 Å². The minimum Gasteiger partial charge on any atom is -0.352 e. The van der Waals surface area contributed by atoms with Crippen LogP contribution in [0.4, 0.5) is 0 Å². The van der Waals surface area contributed by atoms with Crippen molar-refractivity contribution in [1.82, 2.24) is 25.4 Å². The summed E-state index contributed by atoms with van der Waals surface area (Å²) in [7, 11) is 1.74. The molecule has 0 radical (unpaired) electrons. The molecule has 1 heterocycles. The molecule has 2 N–H and O–H groups in total. The largest absolute Gasteiger partial charge is 0.352 e. The molecule has 0 unspecified atom stereocenters. The summed E-state index contributed by atoms with van der Waals surface area (Å²) in [6.45, 7) is 4.16. The van der Waals surface area contributed by atoms with Crippen LogP contribution in [-0.4, -0.2) is 27.8 Å². The first-order chi connectivity index (χ1) is 10.2. The number of benzene rings is 1. The highest BCUT2D eigenvalue weighted by molar-refractivity contribution is 14.0. The third kappa shape index (κ3) is 5.45. The van der Waals surface area contributed by atoms with Crippen molar-refractivity contribution >= 4 is 41.5 Å². The molecule has 0 fully saturated rings. The molecule has 0 spiro atoms. The Hall–Kier alpha value is -1.35. The van der Waals surface area contributed by atoms with Crippen molar-refractivity contribution < 1.29 is 0 Å². The maximum absolute atomic E-state index is 5.87. The van der Waals surface area contributed by atoms with E-state index in [2.05, 4.69) is 32.7 Å². The van der Waals surface area contributed by atoms with E-state index in [1.165, 1.54) is 0 Å². The van der Waals surface area contributed by atoms with Crippen molar-refractivity contribution in [2.45, 2.75) is 26.6 Å². The van der Waals surface area contributed by atoms with Gasteiger partial charge < -0.3 is 15.2 Å². The van der Waals surface area contributed by atoms with Crippen LogP contribution in [-0.2, 0) is 19.6 Å². The zero-order chi connectivity index (χ0) is 15.1. The number of aromatic nitrogens is 3. The van der Waals surface area contributed by atoms with Crippen molar-refractivity contribution in [3.05, 3.63) is 47.0 Å². The van der Waals surface area contributed by atoms with Gasteiger partial charge in [0, 0.05) is 25.2 Å². The van der Waals surface area contributed by atoms with Crippen LogP contribution in [0.2, 0.25) is 5.02 Å². The molecule has 120 valence electrons. The third-order valence-corrected chi connectivity index (χ3v) is 3.30. The summed E-state index contributed by atoms with van der Waals surface area (Å²) in [5.74, 6) is 1.60. The molecule has 22 heavy (non-hydrogen) atoms. The molecule has 0 aliphatic rings. The van der Waals surface area contributed by atoms with Crippen LogP contribution >= 0.6 is 35.6 Å². The fourth-order valence-electron chi connectivity index (χ4n) is 1.85. The molecule has 0 aliphatic carbocycles. The van der Waals surface area contributed by atoms with Crippen LogP contribution in [0.25, 0.3) is 0 Å². The van der Waals surface area contributed by atoms with E-state index in [1.807, 2.05) is 28.8 Å². The van der Waals surface area contributed by atoms with Gasteiger partial charge in [-0.1, -0.05) is 23.7 Å². The van der Waals surface area contributed by atoms with Gasteiger partial charge in [-0.25, -0.2) is 0 Å². The molecule has 0 amide bonds. The van der Waals surface area contributed by atoms with Crippen LogP contribution in [0.15, 0.2) is 35.6 Å². The Morgan fingerprint density at radius 3 is 2.55 bits per heavy atom. The Balaban J connectivity index is 0.00000242. The Bertz CT molecular complexity index is 596. The number of halogens is 2. The summed E-state index contributed by atoms with van der Waals surface area (Å²) in [5.41, 5.74) is 1.14. The van der Waals surface area contributed by atoms with E-state index in [9.17, 15) is 0 Å².